The lowest BCUT2D eigenvalue weighted by atomic mass is 10.0. The number of rotatable bonds is 22. The minimum atomic E-state index is 0.128. The van der Waals surface area contributed by atoms with Crippen molar-refractivity contribution < 1.29 is 19.7 Å². The Bertz CT molecular complexity index is 248. The number of aliphatic hydroxyl groups excluding tert-OH is 2. The summed E-state index contributed by atoms with van der Waals surface area (Å²) in [6.07, 6.45) is 18.9. The topological polar surface area (TPSA) is 58.9 Å². The molecule has 0 heterocycles. The Labute approximate surface area is 162 Å². The monoisotopic (exact) mass is 374 g/mol. The number of hydrogen-bond donors (Lipinski definition) is 2. The highest BCUT2D eigenvalue weighted by Gasteiger charge is 2.09. The highest BCUT2D eigenvalue weighted by molar-refractivity contribution is 4.59. The lowest BCUT2D eigenvalue weighted by molar-refractivity contribution is -0.0271. The minimum Gasteiger partial charge on any atom is -0.396 e. The molecule has 1 unspecified atom stereocenters. The van der Waals surface area contributed by atoms with Crippen LogP contribution in [0.5, 0.6) is 0 Å². The molecule has 1 atom stereocenters. The van der Waals surface area contributed by atoms with Gasteiger partial charge in [0.25, 0.3) is 0 Å². The zero-order chi connectivity index (χ0) is 19.1. The van der Waals surface area contributed by atoms with Crippen molar-refractivity contribution in [3.05, 3.63) is 0 Å². The molecule has 0 saturated carbocycles. The first-order chi connectivity index (χ1) is 12.8. The second-order valence-corrected chi connectivity index (χ2v) is 7.40. The second-order valence-electron chi connectivity index (χ2n) is 7.40. The summed E-state index contributed by atoms with van der Waals surface area (Å²) in [5, 5.41) is 17.7. The molecule has 0 aliphatic carbocycles. The second kappa shape index (κ2) is 22.9. The van der Waals surface area contributed by atoms with E-state index in [2.05, 4.69) is 6.92 Å². The lowest BCUT2D eigenvalue weighted by Gasteiger charge is -2.18. The van der Waals surface area contributed by atoms with Gasteiger partial charge >= 0.3 is 0 Å². The molecule has 0 saturated heterocycles. The van der Waals surface area contributed by atoms with Crippen LogP contribution in [0.15, 0.2) is 0 Å². The molecule has 0 aliphatic rings. The molecular formula is C22H46O4. The van der Waals surface area contributed by atoms with E-state index in [-0.39, 0.29) is 19.3 Å². The molecule has 0 aromatic rings. The fourth-order valence-electron chi connectivity index (χ4n) is 3.12. The zero-order valence-electron chi connectivity index (χ0n) is 17.4. The van der Waals surface area contributed by atoms with E-state index < -0.39 is 0 Å². The Morgan fingerprint density at radius 2 is 1.12 bits per heavy atom. The summed E-state index contributed by atoms with van der Waals surface area (Å²) in [5.74, 6) is 0. The molecule has 2 N–H and O–H groups in total. The zero-order valence-corrected chi connectivity index (χ0v) is 17.4. The summed E-state index contributed by atoms with van der Waals surface area (Å²) in [4.78, 5) is 0. The van der Waals surface area contributed by atoms with Crippen molar-refractivity contribution in [3.8, 4) is 0 Å². The normalized spacial score (nSPS) is 12.6. The maximum absolute atomic E-state index is 8.87. The van der Waals surface area contributed by atoms with Crippen LogP contribution in [0.4, 0.5) is 0 Å². The maximum atomic E-state index is 8.87. The molecule has 0 aromatic heterocycles. The molecule has 0 amide bonds. The van der Waals surface area contributed by atoms with Crippen LogP contribution in [0.1, 0.15) is 103 Å². The third kappa shape index (κ3) is 20.2. The molecule has 0 aliphatic heterocycles. The summed E-state index contributed by atoms with van der Waals surface area (Å²) in [5.41, 5.74) is 0. The molecule has 26 heavy (non-hydrogen) atoms. The van der Waals surface area contributed by atoms with Crippen LogP contribution in [0.2, 0.25) is 0 Å². The van der Waals surface area contributed by atoms with E-state index in [4.69, 9.17) is 19.7 Å². The van der Waals surface area contributed by atoms with Crippen LogP contribution in [-0.2, 0) is 9.47 Å². The third-order valence-corrected chi connectivity index (χ3v) is 4.79. The van der Waals surface area contributed by atoms with Gasteiger partial charge in [-0.25, -0.2) is 0 Å². The lowest BCUT2D eigenvalue weighted by Crippen LogP contribution is -2.21. The van der Waals surface area contributed by atoms with Gasteiger partial charge in [-0.05, 0) is 19.3 Å². The molecule has 0 radical (unpaired) electrons. The first-order valence-electron chi connectivity index (χ1n) is 11.3. The van der Waals surface area contributed by atoms with Crippen LogP contribution in [-0.4, -0.2) is 49.4 Å². The molecule has 0 bridgehead atoms. The maximum Gasteiger partial charge on any atom is 0.0808 e. The van der Waals surface area contributed by atoms with Crippen molar-refractivity contribution in [2.24, 2.45) is 0 Å². The van der Waals surface area contributed by atoms with Gasteiger partial charge in [0.2, 0.25) is 0 Å². The Morgan fingerprint density at radius 3 is 1.65 bits per heavy atom. The van der Waals surface area contributed by atoms with Crippen molar-refractivity contribution in [1.82, 2.24) is 0 Å². The summed E-state index contributed by atoms with van der Waals surface area (Å²) in [7, 11) is 0. The Balaban J connectivity index is 3.49. The smallest absolute Gasteiger partial charge is 0.0808 e. The molecule has 4 heteroatoms. The van der Waals surface area contributed by atoms with Crippen LogP contribution >= 0.6 is 0 Å². The van der Waals surface area contributed by atoms with Crippen molar-refractivity contribution >= 4 is 0 Å². The van der Waals surface area contributed by atoms with Crippen molar-refractivity contribution in [2.75, 3.05) is 33.0 Å². The molecule has 0 rings (SSSR count). The SMILES string of the molecule is CCCCCCCCCCCCCCC(COCCCO)OCCCO. The highest BCUT2D eigenvalue weighted by atomic mass is 16.5. The van der Waals surface area contributed by atoms with Gasteiger partial charge in [0, 0.05) is 26.4 Å². The van der Waals surface area contributed by atoms with Gasteiger partial charge < -0.3 is 19.7 Å². The van der Waals surface area contributed by atoms with Crippen LogP contribution in [0, 0.1) is 0 Å². The van der Waals surface area contributed by atoms with Gasteiger partial charge in [0.05, 0.1) is 12.7 Å². The van der Waals surface area contributed by atoms with Gasteiger partial charge in [-0.3, -0.25) is 0 Å². The van der Waals surface area contributed by atoms with E-state index in [1.165, 1.54) is 77.0 Å². The van der Waals surface area contributed by atoms with Crippen molar-refractivity contribution in [3.63, 3.8) is 0 Å². The summed E-state index contributed by atoms with van der Waals surface area (Å²) >= 11 is 0. The summed E-state index contributed by atoms with van der Waals surface area (Å²) in [6.45, 7) is 4.42. The van der Waals surface area contributed by atoms with Crippen LogP contribution < -0.4 is 0 Å². The molecule has 4 nitrogen and oxygen atoms in total. The van der Waals surface area contributed by atoms with E-state index >= 15 is 0 Å². The number of ether oxygens (including phenoxy) is 2. The fourth-order valence-corrected chi connectivity index (χ4v) is 3.12. The Hall–Kier alpha value is -0.160. The first-order valence-corrected chi connectivity index (χ1v) is 11.3. The summed E-state index contributed by atoms with van der Waals surface area (Å²) in [6, 6.07) is 0. The predicted octanol–water partition coefficient (Wildman–Crippen LogP) is 5.24. The minimum absolute atomic E-state index is 0.128. The number of hydrogen-bond acceptors (Lipinski definition) is 4. The Kier molecular flexibility index (Phi) is 22.7. The van der Waals surface area contributed by atoms with Crippen LogP contribution in [0.25, 0.3) is 0 Å². The molecule has 158 valence electrons. The quantitative estimate of drug-likeness (QED) is 0.254. The average Bonchev–Trinajstić information content (AvgIpc) is 2.65. The van der Waals surface area contributed by atoms with Crippen molar-refractivity contribution in [1.29, 1.82) is 0 Å². The highest BCUT2D eigenvalue weighted by Crippen LogP contribution is 2.14. The van der Waals surface area contributed by atoms with E-state index in [9.17, 15) is 0 Å². The first kappa shape index (κ1) is 25.8. The van der Waals surface area contributed by atoms with E-state index in [0.29, 0.717) is 32.7 Å². The van der Waals surface area contributed by atoms with E-state index in [1.807, 2.05) is 0 Å². The summed E-state index contributed by atoms with van der Waals surface area (Å²) < 4.78 is 11.4. The molecular weight excluding hydrogens is 328 g/mol. The van der Waals surface area contributed by atoms with Gasteiger partial charge in [-0.1, -0.05) is 84.0 Å². The Morgan fingerprint density at radius 1 is 0.615 bits per heavy atom. The van der Waals surface area contributed by atoms with Gasteiger partial charge in [0.15, 0.2) is 0 Å². The molecule has 0 aromatic carbocycles. The van der Waals surface area contributed by atoms with Gasteiger partial charge in [-0.2, -0.15) is 0 Å². The standard InChI is InChI=1S/C22H46O4/c1-2-3-4-5-6-7-8-9-10-11-12-13-16-22(26-20-15-18-24)21-25-19-14-17-23/h22-24H,2-21H2,1H3. The van der Waals surface area contributed by atoms with Crippen molar-refractivity contribution in [2.45, 2.75) is 109 Å². The average molecular weight is 375 g/mol. The predicted molar refractivity (Wildman–Crippen MR) is 110 cm³/mol. The van der Waals surface area contributed by atoms with E-state index in [1.54, 1.807) is 0 Å². The molecule has 0 spiro atoms. The van der Waals surface area contributed by atoms with Crippen LogP contribution in [0.3, 0.4) is 0 Å². The third-order valence-electron chi connectivity index (χ3n) is 4.79. The number of aliphatic hydroxyl groups is 2. The largest absolute Gasteiger partial charge is 0.396 e. The van der Waals surface area contributed by atoms with Gasteiger partial charge in [0.1, 0.15) is 0 Å². The number of unbranched alkanes of at least 4 members (excludes halogenated alkanes) is 11. The van der Waals surface area contributed by atoms with E-state index in [0.717, 1.165) is 6.42 Å². The van der Waals surface area contributed by atoms with Gasteiger partial charge in [-0.15, -0.1) is 0 Å². The fraction of sp³-hybridized carbons (Fsp3) is 1.00. The molecule has 0 fully saturated rings.